The Morgan fingerprint density at radius 1 is 1.67 bits per heavy atom. The maximum atomic E-state index is 11.0. The van der Waals surface area contributed by atoms with Gasteiger partial charge in [0.2, 0.25) is 5.91 Å². The first-order valence-electron chi connectivity index (χ1n) is 4.36. The van der Waals surface area contributed by atoms with E-state index >= 15 is 0 Å². The summed E-state index contributed by atoms with van der Waals surface area (Å²) in [5.74, 6) is -0.0470. The van der Waals surface area contributed by atoms with Crippen molar-refractivity contribution in [2.75, 3.05) is 6.54 Å². The Hall–Kier alpha value is -0.830. The normalized spacial score (nSPS) is 20.5. The van der Waals surface area contributed by atoms with Crippen molar-refractivity contribution in [2.45, 2.75) is 31.7 Å². The molecule has 3 heteroatoms. The lowest BCUT2D eigenvalue weighted by Crippen LogP contribution is -2.54. The summed E-state index contributed by atoms with van der Waals surface area (Å²) in [6, 6.07) is 0. The third-order valence-electron chi connectivity index (χ3n) is 2.28. The predicted molar refractivity (Wildman–Crippen MR) is 48.6 cm³/mol. The fourth-order valence-electron chi connectivity index (χ4n) is 1.28. The van der Waals surface area contributed by atoms with Gasteiger partial charge in [-0.05, 0) is 32.3 Å². The van der Waals surface area contributed by atoms with Gasteiger partial charge < -0.3 is 11.1 Å². The molecule has 0 heterocycles. The first kappa shape index (κ1) is 9.26. The lowest BCUT2D eigenvalue weighted by atomic mass is 9.78. The summed E-state index contributed by atoms with van der Waals surface area (Å²) in [6.07, 6.45) is 6.49. The Bertz CT molecular complexity index is 195. The fraction of sp³-hybridized carbons (Fsp3) is 0.667. The summed E-state index contributed by atoms with van der Waals surface area (Å²) >= 11 is 0. The minimum absolute atomic E-state index is 0.0470. The van der Waals surface area contributed by atoms with Gasteiger partial charge >= 0.3 is 0 Å². The predicted octanol–water partition coefficient (Wildman–Crippen LogP) is 0.560. The summed E-state index contributed by atoms with van der Waals surface area (Å²) in [6.45, 7) is 2.43. The van der Waals surface area contributed by atoms with E-state index in [0.717, 1.165) is 12.8 Å². The van der Waals surface area contributed by atoms with E-state index < -0.39 is 0 Å². The minimum Gasteiger partial charge on any atom is -0.351 e. The Balaban J connectivity index is 2.20. The molecule has 0 atom stereocenters. The molecule has 0 radical (unpaired) electrons. The fourth-order valence-corrected chi connectivity index (χ4v) is 1.28. The van der Waals surface area contributed by atoms with E-state index in [1.807, 2.05) is 6.92 Å². The molecular formula is C9H16N2O. The molecule has 0 aromatic carbocycles. The van der Waals surface area contributed by atoms with Crippen LogP contribution in [0.1, 0.15) is 26.2 Å². The standard InChI is InChI=1S/C9H16N2O/c1-2-4-8(12)11-7-9(10)5-3-6-9/h2,4H,3,5-7,10H2,1H3,(H,11,12)/b4-2+. The highest BCUT2D eigenvalue weighted by molar-refractivity contribution is 5.87. The average molecular weight is 168 g/mol. The Kier molecular flexibility index (Phi) is 2.87. The molecule has 0 unspecified atom stereocenters. The molecule has 68 valence electrons. The number of nitrogens with two attached hydrogens (primary N) is 1. The SMILES string of the molecule is C/C=C/C(=O)NCC1(N)CCC1. The van der Waals surface area contributed by atoms with Gasteiger partial charge in [-0.3, -0.25) is 4.79 Å². The van der Waals surface area contributed by atoms with E-state index in [1.54, 1.807) is 6.08 Å². The summed E-state index contributed by atoms with van der Waals surface area (Å²) < 4.78 is 0. The second-order valence-corrected chi connectivity index (χ2v) is 3.43. The maximum Gasteiger partial charge on any atom is 0.243 e. The average Bonchev–Trinajstić information content (AvgIpc) is 1.98. The number of hydrogen-bond donors (Lipinski definition) is 2. The van der Waals surface area contributed by atoms with Crippen LogP contribution in [0.15, 0.2) is 12.2 Å². The molecule has 12 heavy (non-hydrogen) atoms. The van der Waals surface area contributed by atoms with Gasteiger partial charge in [0.15, 0.2) is 0 Å². The third-order valence-corrected chi connectivity index (χ3v) is 2.28. The second kappa shape index (κ2) is 3.72. The zero-order valence-electron chi connectivity index (χ0n) is 7.47. The van der Waals surface area contributed by atoms with Crippen LogP contribution in [-0.4, -0.2) is 18.0 Å². The van der Waals surface area contributed by atoms with Gasteiger partial charge in [0.25, 0.3) is 0 Å². The van der Waals surface area contributed by atoms with Crippen LogP contribution in [0.2, 0.25) is 0 Å². The molecule has 0 aromatic heterocycles. The lowest BCUT2D eigenvalue weighted by Gasteiger charge is -2.37. The maximum absolute atomic E-state index is 11.0. The summed E-state index contributed by atoms with van der Waals surface area (Å²) in [5.41, 5.74) is 5.79. The minimum atomic E-state index is -0.114. The molecule has 0 aliphatic heterocycles. The van der Waals surface area contributed by atoms with Gasteiger partial charge in [-0.15, -0.1) is 0 Å². The van der Waals surface area contributed by atoms with Gasteiger partial charge in [0, 0.05) is 12.1 Å². The molecule has 1 amide bonds. The van der Waals surface area contributed by atoms with Gasteiger partial charge in [-0.2, -0.15) is 0 Å². The van der Waals surface area contributed by atoms with E-state index in [1.165, 1.54) is 12.5 Å². The van der Waals surface area contributed by atoms with Crippen LogP contribution >= 0.6 is 0 Å². The van der Waals surface area contributed by atoms with Crippen LogP contribution in [0.25, 0.3) is 0 Å². The Morgan fingerprint density at radius 2 is 2.33 bits per heavy atom. The van der Waals surface area contributed by atoms with Crippen LogP contribution < -0.4 is 11.1 Å². The monoisotopic (exact) mass is 168 g/mol. The topological polar surface area (TPSA) is 55.1 Å². The molecule has 0 aromatic rings. The van der Waals surface area contributed by atoms with E-state index in [4.69, 9.17) is 5.73 Å². The quantitative estimate of drug-likeness (QED) is 0.605. The number of nitrogens with one attached hydrogen (secondary N) is 1. The zero-order valence-corrected chi connectivity index (χ0v) is 7.47. The van der Waals surface area contributed by atoms with Crippen molar-refractivity contribution >= 4 is 5.91 Å². The smallest absolute Gasteiger partial charge is 0.243 e. The molecule has 1 fully saturated rings. The molecular weight excluding hydrogens is 152 g/mol. The first-order chi connectivity index (χ1) is 5.66. The van der Waals surface area contributed by atoms with Crippen LogP contribution in [0, 0.1) is 0 Å². The molecule has 3 nitrogen and oxygen atoms in total. The zero-order chi connectivity index (χ0) is 9.03. The number of amides is 1. The molecule has 0 spiro atoms. The van der Waals surface area contributed by atoms with Crippen LogP contribution in [0.5, 0.6) is 0 Å². The van der Waals surface area contributed by atoms with Crippen LogP contribution in [0.3, 0.4) is 0 Å². The van der Waals surface area contributed by atoms with E-state index in [0.29, 0.717) is 6.54 Å². The van der Waals surface area contributed by atoms with Crippen molar-refractivity contribution < 1.29 is 4.79 Å². The van der Waals surface area contributed by atoms with Gasteiger partial charge in [0.05, 0.1) is 0 Å². The highest BCUT2D eigenvalue weighted by atomic mass is 16.1. The lowest BCUT2D eigenvalue weighted by molar-refractivity contribution is -0.116. The first-order valence-corrected chi connectivity index (χ1v) is 4.36. The van der Waals surface area contributed by atoms with Gasteiger partial charge in [0.1, 0.15) is 0 Å². The van der Waals surface area contributed by atoms with Gasteiger partial charge in [-0.1, -0.05) is 6.08 Å². The highest BCUT2D eigenvalue weighted by Gasteiger charge is 2.32. The van der Waals surface area contributed by atoms with Gasteiger partial charge in [-0.25, -0.2) is 0 Å². The molecule has 1 saturated carbocycles. The number of carbonyl (C=O) groups is 1. The summed E-state index contributed by atoms with van der Waals surface area (Å²) in [4.78, 5) is 11.0. The van der Waals surface area contributed by atoms with Crippen LogP contribution in [0.4, 0.5) is 0 Å². The Morgan fingerprint density at radius 3 is 2.75 bits per heavy atom. The molecule has 0 saturated heterocycles. The number of rotatable bonds is 3. The number of allylic oxidation sites excluding steroid dienone is 1. The van der Waals surface area contributed by atoms with E-state index in [9.17, 15) is 4.79 Å². The van der Waals surface area contributed by atoms with Crippen molar-refractivity contribution in [2.24, 2.45) is 5.73 Å². The van der Waals surface area contributed by atoms with Crippen molar-refractivity contribution in [3.8, 4) is 0 Å². The van der Waals surface area contributed by atoms with Crippen molar-refractivity contribution in [1.29, 1.82) is 0 Å². The van der Waals surface area contributed by atoms with E-state index in [-0.39, 0.29) is 11.4 Å². The summed E-state index contributed by atoms with van der Waals surface area (Å²) in [5, 5.41) is 2.78. The molecule has 3 N–H and O–H groups in total. The van der Waals surface area contributed by atoms with E-state index in [2.05, 4.69) is 5.32 Å². The Labute approximate surface area is 73.0 Å². The number of carbonyl (C=O) groups excluding carboxylic acids is 1. The molecule has 1 rings (SSSR count). The summed E-state index contributed by atoms with van der Waals surface area (Å²) in [7, 11) is 0. The van der Waals surface area contributed by atoms with Crippen molar-refractivity contribution in [3.63, 3.8) is 0 Å². The molecule has 1 aliphatic rings. The van der Waals surface area contributed by atoms with Crippen LogP contribution in [-0.2, 0) is 4.79 Å². The third kappa shape index (κ3) is 2.34. The van der Waals surface area contributed by atoms with Crippen molar-refractivity contribution in [3.05, 3.63) is 12.2 Å². The largest absolute Gasteiger partial charge is 0.351 e. The second-order valence-electron chi connectivity index (χ2n) is 3.43. The highest BCUT2D eigenvalue weighted by Crippen LogP contribution is 2.27. The molecule has 1 aliphatic carbocycles. The molecule has 0 bridgehead atoms. The number of hydrogen-bond acceptors (Lipinski definition) is 2. The van der Waals surface area contributed by atoms with Crippen molar-refractivity contribution in [1.82, 2.24) is 5.32 Å².